The van der Waals surface area contributed by atoms with Gasteiger partial charge in [-0.2, -0.15) is 0 Å². The van der Waals surface area contributed by atoms with Crippen LogP contribution in [0.5, 0.6) is 0 Å². The van der Waals surface area contributed by atoms with Crippen LogP contribution in [-0.4, -0.2) is 23.9 Å². The van der Waals surface area contributed by atoms with Crippen LogP contribution in [0.25, 0.3) is 0 Å². The van der Waals surface area contributed by atoms with Crippen LogP contribution < -0.4 is 5.32 Å². The third kappa shape index (κ3) is 5.40. The molecule has 1 N–H and O–H groups in total. The predicted molar refractivity (Wildman–Crippen MR) is 103 cm³/mol. The van der Waals surface area contributed by atoms with E-state index in [4.69, 9.17) is 0 Å². The molecule has 1 atom stereocenters. The lowest BCUT2D eigenvalue weighted by Crippen LogP contribution is -2.33. The second kappa shape index (κ2) is 8.95. The molecule has 0 spiro atoms. The number of piperidine rings is 1. The largest absolute Gasteiger partial charge is 0.326 e. The number of hydrogen-bond donors (Lipinski definition) is 1. The van der Waals surface area contributed by atoms with Crippen molar-refractivity contribution < 1.29 is 9.18 Å². The molecule has 1 aliphatic rings. The summed E-state index contributed by atoms with van der Waals surface area (Å²) < 4.78 is 13.6. The first kappa shape index (κ1) is 18.6. The Balaban J connectivity index is 1.47. The van der Waals surface area contributed by atoms with Gasteiger partial charge in [-0.25, -0.2) is 4.39 Å². The summed E-state index contributed by atoms with van der Waals surface area (Å²) in [5.41, 5.74) is 2.64. The van der Waals surface area contributed by atoms with E-state index in [0.717, 1.165) is 24.7 Å². The molecule has 1 saturated heterocycles. The third-order valence-electron chi connectivity index (χ3n) is 4.96. The Bertz CT molecular complexity index is 729. The molecule has 1 aliphatic heterocycles. The summed E-state index contributed by atoms with van der Waals surface area (Å²) in [5.74, 6) is 0.430. The average molecular weight is 354 g/mol. The van der Waals surface area contributed by atoms with Gasteiger partial charge in [-0.1, -0.05) is 37.3 Å². The molecule has 3 rings (SSSR count). The monoisotopic (exact) mass is 354 g/mol. The van der Waals surface area contributed by atoms with Gasteiger partial charge in [0.15, 0.2) is 0 Å². The molecule has 1 unspecified atom stereocenters. The smallest absolute Gasteiger partial charge is 0.224 e. The summed E-state index contributed by atoms with van der Waals surface area (Å²) in [5, 5.41) is 2.89. The number of benzene rings is 2. The van der Waals surface area contributed by atoms with Crippen LogP contribution >= 0.6 is 0 Å². The van der Waals surface area contributed by atoms with Crippen molar-refractivity contribution in [2.24, 2.45) is 5.92 Å². The number of likely N-dealkylation sites (tertiary alicyclic amines) is 1. The van der Waals surface area contributed by atoms with E-state index in [1.807, 2.05) is 12.1 Å². The molecule has 138 valence electrons. The van der Waals surface area contributed by atoms with Crippen LogP contribution in [0.4, 0.5) is 10.1 Å². The molecule has 0 aromatic heterocycles. The highest BCUT2D eigenvalue weighted by Crippen LogP contribution is 2.19. The highest BCUT2D eigenvalue weighted by Gasteiger charge is 2.16. The van der Waals surface area contributed by atoms with E-state index in [1.54, 1.807) is 18.2 Å². The summed E-state index contributed by atoms with van der Waals surface area (Å²) in [7, 11) is 0. The van der Waals surface area contributed by atoms with Crippen LogP contribution in [0.3, 0.4) is 0 Å². The topological polar surface area (TPSA) is 32.3 Å². The van der Waals surface area contributed by atoms with Gasteiger partial charge in [-0.05, 0) is 61.1 Å². The lowest BCUT2D eigenvalue weighted by molar-refractivity contribution is -0.116. The zero-order chi connectivity index (χ0) is 18.4. The summed E-state index contributed by atoms with van der Waals surface area (Å²) in [6, 6.07) is 14.6. The van der Waals surface area contributed by atoms with Crippen molar-refractivity contribution in [3.05, 3.63) is 65.5 Å². The van der Waals surface area contributed by atoms with Crippen LogP contribution in [-0.2, 0) is 17.8 Å². The van der Waals surface area contributed by atoms with Crippen LogP contribution in [0.2, 0.25) is 0 Å². The van der Waals surface area contributed by atoms with E-state index < -0.39 is 0 Å². The van der Waals surface area contributed by atoms with Gasteiger partial charge in [0.05, 0.1) is 0 Å². The molecule has 3 nitrogen and oxygen atoms in total. The molecule has 0 bridgehead atoms. The van der Waals surface area contributed by atoms with Gasteiger partial charge in [0.1, 0.15) is 5.82 Å². The number of aryl methyl sites for hydroxylation is 1. The van der Waals surface area contributed by atoms with Gasteiger partial charge in [-0.3, -0.25) is 9.69 Å². The Morgan fingerprint density at radius 2 is 1.96 bits per heavy atom. The second-order valence-corrected chi connectivity index (χ2v) is 7.32. The van der Waals surface area contributed by atoms with Gasteiger partial charge in [0.25, 0.3) is 0 Å². The Hall–Kier alpha value is -2.20. The Morgan fingerprint density at radius 1 is 1.19 bits per heavy atom. The lowest BCUT2D eigenvalue weighted by Gasteiger charge is -2.30. The predicted octanol–water partition coefficient (Wildman–Crippen LogP) is 4.63. The first-order valence-corrected chi connectivity index (χ1v) is 9.45. The average Bonchev–Trinajstić information content (AvgIpc) is 2.63. The van der Waals surface area contributed by atoms with Gasteiger partial charge >= 0.3 is 0 Å². The minimum Gasteiger partial charge on any atom is -0.326 e. The third-order valence-corrected chi connectivity index (χ3v) is 4.96. The minimum absolute atomic E-state index is 0.0918. The highest BCUT2D eigenvalue weighted by atomic mass is 19.1. The second-order valence-electron chi connectivity index (χ2n) is 7.32. The zero-order valence-corrected chi connectivity index (χ0v) is 15.4. The van der Waals surface area contributed by atoms with Crippen molar-refractivity contribution in [2.75, 3.05) is 18.4 Å². The number of carbonyl (C=O) groups excluding carboxylic acids is 1. The molecule has 0 radical (unpaired) electrons. The minimum atomic E-state index is -0.253. The normalized spacial score (nSPS) is 17.8. The fourth-order valence-electron chi connectivity index (χ4n) is 3.55. The molecule has 1 amide bonds. The number of amides is 1. The number of anilines is 1. The van der Waals surface area contributed by atoms with Crippen molar-refractivity contribution in [3.63, 3.8) is 0 Å². The number of hydrogen-bond acceptors (Lipinski definition) is 2. The number of nitrogens with one attached hydrogen (secondary N) is 1. The molecule has 1 heterocycles. The quantitative estimate of drug-likeness (QED) is 0.820. The van der Waals surface area contributed by atoms with Crippen LogP contribution in [0.1, 0.15) is 37.3 Å². The van der Waals surface area contributed by atoms with E-state index in [-0.39, 0.29) is 18.1 Å². The maximum absolute atomic E-state index is 13.6. The fraction of sp³-hybridized carbons (Fsp3) is 0.409. The molecule has 2 aromatic carbocycles. The summed E-state index contributed by atoms with van der Waals surface area (Å²) >= 11 is 0. The van der Waals surface area contributed by atoms with Gasteiger partial charge in [0, 0.05) is 25.2 Å². The number of rotatable bonds is 6. The molecule has 4 heteroatoms. The zero-order valence-electron chi connectivity index (χ0n) is 15.4. The summed E-state index contributed by atoms with van der Waals surface area (Å²) in [6.45, 7) is 5.60. The molecule has 2 aromatic rings. The fourth-order valence-corrected chi connectivity index (χ4v) is 3.55. The van der Waals surface area contributed by atoms with E-state index >= 15 is 0 Å². The summed E-state index contributed by atoms with van der Waals surface area (Å²) in [4.78, 5) is 14.6. The molecule has 1 fully saturated rings. The highest BCUT2D eigenvalue weighted by molar-refractivity contribution is 5.90. The Labute approximate surface area is 155 Å². The van der Waals surface area contributed by atoms with Crippen molar-refractivity contribution in [1.29, 1.82) is 0 Å². The number of carbonyl (C=O) groups is 1. The van der Waals surface area contributed by atoms with Gasteiger partial charge in [-0.15, -0.1) is 0 Å². The first-order chi connectivity index (χ1) is 12.6. The van der Waals surface area contributed by atoms with Crippen molar-refractivity contribution in [1.82, 2.24) is 4.90 Å². The van der Waals surface area contributed by atoms with E-state index in [2.05, 4.69) is 29.3 Å². The Morgan fingerprint density at radius 3 is 2.69 bits per heavy atom. The summed E-state index contributed by atoms with van der Waals surface area (Å²) in [6.07, 6.45) is 3.28. The molecule has 26 heavy (non-hydrogen) atoms. The van der Waals surface area contributed by atoms with Gasteiger partial charge < -0.3 is 5.32 Å². The first-order valence-electron chi connectivity index (χ1n) is 9.45. The Kier molecular flexibility index (Phi) is 6.40. The number of halogens is 1. The number of nitrogens with zero attached hydrogens (tertiary/aromatic N) is 1. The van der Waals surface area contributed by atoms with Crippen molar-refractivity contribution >= 4 is 11.6 Å². The lowest BCUT2D eigenvalue weighted by atomic mass is 10.00. The van der Waals surface area contributed by atoms with Crippen LogP contribution in [0.15, 0.2) is 48.5 Å². The van der Waals surface area contributed by atoms with Crippen molar-refractivity contribution in [3.8, 4) is 0 Å². The maximum atomic E-state index is 13.6. The standard InChI is InChI=1S/C22H27FN2O/c1-17-5-4-14-25(15-17)16-18-8-11-20(12-9-18)24-22(26)13-10-19-6-2-3-7-21(19)23/h2-3,6-9,11-12,17H,4-5,10,13-16H2,1H3,(H,24,26). The van der Waals surface area contributed by atoms with Crippen molar-refractivity contribution in [2.45, 2.75) is 39.2 Å². The molecule has 0 saturated carbocycles. The SMILES string of the molecule is CC1CCCN(Cc2ccc(NC(=O)CCc3ccccc3F)cc2)C1. The van der Waals surface area contributed by atoms with Crippen LogP contribution in [0, 0.1) is 11.7 Å². The van der Waals surface area contributed by atoms with E-state index in [1.165, 1.54) is 31.0 Å². The molecular formula is C22H27FN2O. The van der Waals surface area contributed by atoms with E-state index in [9.17, 15) is 9.18 Å². The van der Waals surface area contributed by atoms with E-state index in [0.29, 0.717) is 12.0 Å². The maximum Gasteiger partial charge on any atom is 0.224 e. The van der Waals surface area contributed by atoms with Gasteiger partial charge in [0.2, 0.25) is 5.91 Å². The molecular weight excluding hydrogens is 327 g/mol. The molecule has 0 aliphatic carbocycles.